The van der Waals surface area contributed by atoms with Gasteiger partial charge in [-0.15, -0.1) is 0 Å². The molecule has 1 aromatic carbocycles. The number of hydrogen-bond donors (Lipinski definition) is 1. The van der Waals surface area contributed by atoms with Crippen LogP contribution in [0.3, 0.4) is 0 Å². The number of Topliss-reactive ketones (excluding diaryl/α,β-unsaturated/α-hetero) is 1. The van der Waals surface area contributed by atoms with Gasteiger partial charge in [0.15, 0.2) is 5.78 Å². The smallest absolute Gasteiger partial charge is 0.240 e. The van der Waals surface area contributed by atoms with Gasteiger partial charge in [-0.05, 0) is 31.7 Å². The summed E-state index contributed by atoms with van der Waals surface area (Å²) >= 11 is 0. The molecule has 1 aliphatic carbocycles. The molecule has 1 saturated heterocycles. The van der Waals surface area contributed by atoms with Crippen molar-refractivity contribution in [2.45, 2.75) is 57.9 Å². The normalized spacial score (nSPS) is 20.0. The highest BCUT2D eigenvalue weighted by atomic mass is 16.2. The predicted molar refractivity (Wildman–Crippen MR) is 99.6 cm³/mol. The molecular weight excluding hydrogens is 344 g/mol. The van der Waals surface area contributed by atoms with Gasteiger partial charge < -0.3 is 5.32 Å². The lowest BCUT2D eigenvalue weighted by molar-refractivity contribution is -0.145. The maximum absolute atomic E-state index is 12.8. The Bertz CT molecular complexity index is 738. The van der Waals surface area contributed by atoms with E-state index in [0.717, 1.165) is 42.6 Å². The molecule has 6 nitrogen and oxygen atoms in total. The van der Waals surface area contributed by atoms with Crippen molar-refractivity contribution < 1.29 is 19.2 Å². The summed E-state index contributed by atoms with van der Waals surface area (Å²) < 4.78 is 0. The molecule has 2 aliphatic rings. The van der Waals surface area contributed by atoms with Gasteiger partial charge in [0.25, 0.3) is 0 Å². The number of nitrogens with one attached hydrogen (secondary N) is 1. The Morgan fingerprint density at radius 3 is 2.41 bits per heavy atom. The van der Waals surface area contributed by atoms with Crippen molar-refractivity contribution in [3.8, 4) is 0 Å². The first-order valence-electron chi connectivity index (χ1n) is 9.60. The van der Waals surface area contributed by atoms with Gasteiger partial charge >= 0.3 is 0 Å². The molecule has 27 heavy (non-hydrogen) atoms. The molecule has 1 spiro atoms. The molecule has 1 heterocycles. The SMILES string of the molecule is CC(=O)C(Cc1ccccc1)NC(=O)CN1C(=O)CC2(CCCCC2)C1=O. The van der Waals surface area contributed by atoms with Gasteiger partial charge in [-0.1, -0.05) is 49.6 Å². The molecule has 1 unspecified atom stereocenters. The largest absolute Gasteiger partial charge is 0.344 e. The zero-order valence-corrected chi connectivity index (χ0v) is 15.7. The highest BCUT2D eigenvalue weighted by Gasteiger charge is 2.51. The van der Waals surface area contributed by atoms with Gasteiger partial charge in [0.05, 0.1) is 11.5 Å². The average molecular weight is 370 g/mol. The molecule has 2 fully saturated rings. The predicted octanol–water partition coefficient (Wildman–Crippen LogP) is 2.01. The fraction of sp³-hybridized carbons (Fsp3) is 0.524. The fourth-order valence-corrected chi connectivity index (χ4v) is 4.17. The van der Waals surface area contributed by atoms with Crippen LogP contribution in [0, 0.1) is 5.41 Å². The van der Waals surface area contributed by atoms with Crippen molar-refractivity contribution in [3.63, 3.8) is 0 Å². The molecule has 0 bridgehead atoms. The summed E-state index contributed by atoms with van der Waals surface area (Å²) in [5.41, 5.74) is 0.340. The molecular formula is C21H26N2O4. The summed E-state index contributed by atoms with van der Waals surface area (Å²) in [6, 6.07) is 8.75. The minimum atomic E-state index is -0.670. The molecule has 6 heteroatoms. The highest BCUT2D eigenvalue weighted by Crippen LogP contribution is 2.45. The van der Waals surface area contributed by atoms with E-state index in [4.69, 9.17) is 0 Å². The molecule has 3 amide bonds. The zero-order chi connectivity index (χ0) is 19.4. The Balaban J connectivity index is 1.62. The minimum Gasteiger partial charge on any atom is -0.344 e. The van der Waals surface area contributed by atoms with E-state index < -0.39 is 17.4 Å². The zero-order valence-electron chi connectivity index (χ0n) is 15.7. The first-order valence-corrected chi connectivity index (χ1v) is 9.60. The number of ketones is 1. The van der Waals surface area contributed by atoms with E-state index in [-0.39, 0.29) is 30.6 Å². The second kappa shape index (κ2) is 8.03. The lowest BCUT2D eigenvalue weighted by Crippen LogP contribution is -2.48. The third kappa shape index (κ3) is 4.26. The van der Waals surface area contributed by atoms with Crippen LogP contribution in [0.5, 0.6) is 0 Å². The molecule has 144 valence electrons. The molecule has 1 aromatic rings. The van der Waals surface area contributed by atoms with Crippen molar-refractivity contribution in [2.75, 3.05) is 6.54 Å². The molecule has 3 rings (SSSR count). The molecule has 1 aliphatic heterocycles. The van der Waals surface area contributed by atoms with E-state index in [9.17, 15) is 19.2 Å². The number of hydrogen-bond acceptors (Lipinski definition) is 4. The van der Waals surface area contributed by atoms with Crippen LogP contribution < -0.4 is 5.32 Å². The Labute approximate surface area is 159 Å². The van der Waals surface area contributed by atoms with Crippen LogP contribution in [0.2, 0.25) is 0 Å². The van der Waals surface area contributed by atoms with E-state index in [0.29, 0.717) is 6.42 Å². The van der Waals surface area contributed by atoms with Crippen molar-refractivity contribution in [1.82, 2.24) is 10.2 Å². The van der Waals surface area contributed by atoms with Gasteiger partial charge in [0, 0.05) is 6.42 Å². The van der Waals surface area contributed by atoms with Crippen molar-refractivity contribution in [3.05, 3.63) is 35.9 Å². The quantitative estimate of drug-likeness (QED) is 0.777. The molecule has 0 radical (unpaired) electrons. The summed E-state index contributed by atoms with van der Waals surface area (Å²) in [6.45, 7) is 1.12. The van der Waals surface area contributed by atoms with Crippen molar-refractivity contribution in [1.29, 1.82) is 0 Å². The lowest BCUT2D eigenvalue weighted by Gasteiger charge is -2.30. The van der Waals surface area contributed by atoms with Crippen LogP contribution in [0.1, 0.15) is 51.0 Å². The van der Waals surface area contributed by atoms with Gasteiger partial charge in [0.1, 0.15) is 6.54 Å². The second-order valence-corrected chi connectivity index (χ2v) is 7.72. The Morgan fingerprint density at radius 2 is 1.78 bits per heavy atom. The summed E-state index contributed by atoms with van der Waals surface area (Å²) in [4.78, 5) is 50.6. The lowest BCUT2D eigenvalue weighted by atomic mass is 9.73. The third-order valence-electron chi connectivity index (χ3n) is 5.71. The van der Waals surface area contributed by atoms with E-state index in [1.165, 1.54) is 6.92 Å². The van der Waals surface area contributed by atoms with Gasteiger partial charge in [0.2, 0.25) is 17.7 Å². The molecule has 1 saturated carbocycles. The molecule has 0 aromatic heterocycles. The number of carbonyl (C=O) groups excluding carboxylic acids is 4. The van der Waals surface area contributed by atoms with Crippen LogP contribution in [-0.2, 0) is 25.6 Å². The number of rotatable bonds is 6. The monoisotopic (exact) mass is 370 g/mol. The third-order valence-corrected chi connectivity index (χ3v) is 5.71. The number of likely N-dealkylation sites (tertiary alicyclic amines) is 1. The fourth-order valence-electron chi connectivity index (χ4n) is 4.17. The van der Waals surface area contributed by atoms with E-state index in [1.807, 2.05) is 30.3 Å². The van der Waals surface area contributed by atoms with E-state index in [2.05, 4.69) is 5.32 Å². The topological polar surface area (TPSA) is 83.6 Å². The first-order chi connectivity index (χ1) is 12.9. The standard InChI is InChI=1S/C21H26N2O4/c1-15(24)17(12-16-8-4-2-5-9-16)22-18(25)14-23-19(26)13-21(20(23)27)10-6-3-7-11-21/h2,4-5,8-9,17H,3,6-7,10-14H2,1H3,(H,22,25). The maximum Gasteiger partial charge on any atom is 0.240 e. The Kier molecular flexibility index (Phi) is 5.73. The second-order valence-electron chi connectivity index (χ2n) is 7.72. The summed E-state index contributed by atoms with van der Waals surface area (Å²) in [6.07, 6.45) is 5.01. The number of imide groups is 1. The van der Waals surface area contributed by atoms with E-state index in [1.54, 1.807) is 0 Å². The number of amides is 3. The average Bonchev–Trinajstić information content (AvgIpc) is 2.86. The van der Waals surface area contributed by atoms with Crippen LogP contribution in [0.4, 0.5) is 0 Å². The minimum absolute atomic E-state index is 0.157. The van der Waals surface area contributed by atoms with Crippen molar-refractivity contribution in [2.24, 2.45) is 5.41 Å². The van der Waals surface area contributed by atoms with E-state index >= 15 is 0 Å². The first kappa shape index (κ1) is 19.3. The van der Waals surface area contributed by atoms with Crippen LogP contribution in [-0.4, -0.2) is 41.0 Å². The van der Waals surface area contributed by atoms with Crippen LogP contribution in [0.25, 0.3) is 0 Å². The molecule has 1 N–H and O–H groups in total. The van der Waals surface area contributed by atoms with Crippen molar-refractivity contribution >= 4 is 23.5 Å². The highest BCUT2D eigenvalue weighted by molar-refractivity contribution is 6.08. The van der Waals surface area contributed by atoms with Gasteiger partial charge in [-0.3, -0.25) is 24.1 Å². The number of benzene rings is 1. The Hall–Kier alpha value is -2.50. The van der Waals surface area contributed by atoms with Gasteiger partial charge in [-0.2, -0.15) is 0 Å². The van der Waals surface area contributed by atoms with Gasteiger partial charge in [-0.25, -0.2) is 0 Å². The summed E-state index contributed by atoms with van der Waals surface area (Å²) in [5, 5.41) is 2.69. The maximum atomic E-state index is 12.8. The summed E-state index contributed by atoms with van der Waals surface area (Å²) in [5.74, 6) is -1.13. The molecule has 1 atom stereocenters. The van der Waals surface area contributed by atoms with Crippen LogP contribution in [0.15, 0.2) is 30.3 Å². The number of nitrogens with zero attached hydrogens (tertiary/aromatic N) is 1. The summed E-state index contributed by atoms with van der Waals surface area (Å²) in [7, 11) is 0. The Morgan fingerprint density at radius 1 is 1.11 bits per heavy atom. The number of carbonyl (C=O) groups is 4. The van der Waals surface area contributed by atoms with Crippen LogP contribution >= 0.6 is 0 Å².